The van der Waals surface area contributed by atoms with E-state index in [4.69, 9.17) is 0 Å². The fourth-order valence-corrected chi connectivity index (χ4v) is 6.55. The van der Waals surface area contributed by atoms with E-state index in [-0.39, 0.29) is 23.3 Å². The highest BCUT2D eigenvalue weighted by atomic mass is 32.2. The van der Waals surface area contributed by atoms with Crippen molar-refractivity contribution in [3.05, 3.63) is 24.3 Å². The Kier molecular flexibility index (Phi) is 7.91. The summed E-state index contributed by atoms with van der Waals surface area (Å²) in [6.07, 6.45) is 3.22. The number of hydrogen-bond acceptors (Lipinski definition) is 6. The minimum atomic E-state index is -3.53. The Balaban J connectivity index is 1.23. The van der Waals surface area contributed by atoms with Crippen molar-refractivity contribution in [1.82, 2.24) is 19.4 Å². The first kappa shape index (κ1) is 25.1. The molecule has 9 nitrogen and oxygen atoms in total. The van der Waals surface area contributed by atoms with Crippen LogP contribution in [0.5, 0.6) is 0 Å². The maximum atomic E-state index is 13.0. The molecule has 2 amide bonds. The van der Waals surface area contributed by atoms with Crippen LogP contribution in [0.4, 0.5) is 5.69 Å². The molecule has 34 heavy (non-hydrogen) atoms. The smallest absolute Gasteiger partial charge is 0.243 e. The minimum absolute atomic E-state index is 0.0865. The van der Waals surface area contributed by atoms with Crippen molar-refractivity contribution >= 4 is 27.5 Å². The predicted octanol–water partition coefficient (Wildman–Crippen LogP) is 1.19. The van der Waals surface area contributed by atoms with Crippen LogP contribution in [0.15, 0.2) is 29.2 Å². The molecule has 10 heteroatoms. The molecule has 0 radical (unpaired) electrons. The average Bonchev–Trinajstić information content (AvgIpc) is 3.58. The van der Waals surface area contributed by atoms with Crippen molar-refractivity contribution in [3.63, 3.8) is 0 Å². The molecule has 2 aliphatic heterocycles. The van der Waals surface area contributed by atoms with Gasteiger partial charge in [-0.05, 0) is 55.4 Å². The van der Waals surface area contributed by atoms with Gasteiger partial charge >= 0.3 is 0 Å². The fraction of sp³-hybridized carbons (Fsp3) is 0.667. The van der Waals surface area contributed by atoms with Gasteiger partial charge in [0, 0.05) is 51.0 Å². The molecule has 1 saturated carbocycles. The first-order chi connectivity index (χ1) is 16.2. The third-order valence-corrected chi connectivity index (χ3v) is 8.60. The van der Waals surface area contributed by atoms with Gasteiger partial charge in [-0.1, -0.05) is 13.8 Å². The zero-order valence-electron chi connectivity index (χ0n) is 20.2. The molecule has 3 fully saturated rings. The van der Waals surface area contributed by atoms with Crippen LogP contribution >= 0.6 is 0 Å². The number of nitrogens with one attached hydrogen (secondary N) is 2. The van der Waals surface area contributed by atoms with Crippen molar-refractivity contribution in [2.24, 2.45) is 11.8 Å². The number of amides is 2. The van der Waals surface area contributed by atoms with Crippen molar-refractivity contribution in [3.8, 4) is 0 Å². The van der Waals surface area contributed by atoms with Gasteiger partial charge in [-0.2, -0.15) is 4.31 Å². The maximum absolute atomic E-state index is 13.0. The first-order valence-corrected chi connectivity index (χ1v) is 13.8. The van der Waals surface area contributed by atoms with E-state index in [1.54, 1.807) is 28.6 Å². The number of carbonyl (C=O) groups is 2. The number of anilines is 1. The zero-order chi connectivity index (χ0) is 24.3. The molecule has 0 unspecified atom stereocenters. The SMILES string of the molecule is C[C@H]1C[C@H](C)CN(S(=O)(=O)c2ccc(NC(=O)CN3CCN(CC(=O)NC4CC4)CC3)cc2)C1. The van der Waals surface area contributed by atoms with Crippen LogP contribution in [-0.4, -0.2) is 92.7 Å². The van der Waals surface area contributed by atoms with Gasteiger partial charge in [0.1, 0.15) is 0 Å². The molecule has 2 saturated heterocycles. The molecule has 188 valence electrons. The lowest BCUT2D eigenvalue weighted by molar-refractivity contribution is -0.123. The number of benzene rings is 1. The van der Waals surface area contributed by atoms with E-state index >= 15 is 0 Å². The zero-order valence-corrected chi connectivity index (χ0v) is 21.0. The summed E-state index contributed by atoms with van der Waals surface area (Å²) in [6, 6.07) is 6.82. The quantitative estimate of drug-likeness (QED) is 0.566. The number of nitrogens with zero attached hydrogens (tertiary/aromatic N) is 3. The number of carbonyl (C=O) groups excluding carboxylic acids is 2. The Morgan fingerprint density at radius 1 is 0.882 bits per heavy atom. The molecule has 1 aromatic rings. The topological polar surface area (TPSA) is 102 Å². The van der Waals surface area contributed by atoms with E-state index in [2.05, 4.69) is 34.3 Å². The van der Waals surface area contributed by atoms with Crippen LogP contribution < -0.4 is 10.6 Å². The number of sulfonamides is 1. The predicted molar refractivity (Wildman–Crippen MR) is 131 cm³/mol. The Hall–Kier alpha value is -2.01. The van der Waals surface area contributed by atoms with Gasteiger partial charge in [-0.25, -0.2) is 8.42 Å². The Bertz CT molecular complexity index is 962. The lowest BCUT2D eigenvalue weighted by Gasteiger charge is -2.34. The average molecular weight is 492 g/mol. The number of hydrogen-bond donors (Lipinski definition) is 2. The summed E-state index contributed by atoms with van der Waals surface area (Å²) in [5.41, 5.74) is 0.583. The van der Waals surface area contributed by atoms with Gasteiger partial charge in [0.25, 0.3) is 0 Å². The van der Waals surface area contributed by atoms with Crippen molar-refractivity contribution in [2.75, 3.05) is 57.7 Å². The van der Waals surface area contributed by atoms with Crippen molar-refractivity contribution < 1.29 is 18.0 Å². The molecule has 2 heterocycles. The third kappa shape index (κ3) is 6.78. The van der Waals surface area contributed by atoms with Gasteiger partial charge in [0.2, 0.25) is 21.8 Å². The van der Waals surface area contributed by atoms with Crippen LogP contribution in [0.25, 0.3) is 0 Å². The van der Waals surface area contributed by atoms with E-state index in [1.165, 1.54) is 0 Å². The minimum Gasteiger partial charge on any atom is -0.352 e. The standard InChI is InChI=1S/C24H37N5O4S/c1-18-13-19(2)15-29(14-18)34(32,33)22-7-5-21(6-8-22)26-24(31)17-28-11-9-27(10-12-28)16-23(30)25-20-3-4-20/h5-8,18-20H,3-4,9-17H2,1-2H3,(H,25,30)(H,26,31)/t18-,19-/m0/s1. The van der Waals surface area contributed by atoms with Crippen molar-refractivity contribution in [1.29, 1.82) is 0 Å². The number of rotatable bonds is 8. The van der Waals surface area contributed by atoms with Crippen LogP contribution in [0.2, 0.25) is 0 Å². The second-order valence-electron chi connectivity index (χ2n) is 10.2. The van der Waals surface area contributed by atoms with Gasteiger partial charge in [0.05, 0.1) is 18.0 Å². The largest absolute Gasteiger partial charge is 0.352 e. The van der Waals surface area contributed by atoms with Crippen LogP contribution in [0, 0.1) is 11.8 Å². The molecule has 2 atom stereocenters. The second-order valence-corrected chi connectivity index (χ2v) is 12.2. The Morgan fingerprint density at radius 3 is 1.94 bits per heavy atom. The molecule has 2 N–H and O–H groups in total. The molecule has 1 aliphatic carbocycles. The summed E-state index contributed by atoms with van der Waals surface area (Å²) in [6.45, 7) is 8.92. The first-order valence-electron chi connectivity index (χ1n) is 12.3. The van der Waals surface area contributed by atoms with Gasteiger partial charge in [-0.15, -0.1) is 0 Å². The van der Waals surface area contributed by atoms with E-state index in [0.29, 0.717) is 43.2 Å². The highest BCUT2D eigenvalue weighted by molar-refractivity contribution is 7.89. The lowest BCUT2D eigenvalue weighted by Crippen LogP contribution is -2.51. The molecule has 3 aliphatic rings. The van der Waals surface area contributed by atoms with E-state index < -0.39 is 10.0 Å². The summed E-state index contributed by atoms with van der Waals surface area (Å²) in [5.74, 6) is 0.648. The van der Waals surface area contributed by atoms with Gasteiger partial charge in [0.15, 0.2) is 0 Å². The second kappa shape index (κ2) is 10.7. The Morgan fingerprint density at radius 2 is 1.41 bits per heavy atom. The fourth-order valence-electron chi connectivity index (χ4n) is 4.87. The molecular weight excluding hydrogens is 454 g/mol. The maximum Gasteiger partial charge on any atom is 0.243 e. The molecule has 4 rings (SSSR count). The highest BCUT2D eigenvalue weighted by Gasteiger charge is 2.31. The molecule has 0 aromatic heterocycles. The normalized spacial score (nSPS) is 25.1. The molecule has 0 bridgehead atoms. The van der Waals surface area contributed by atoms with Crippen molar-refractivity contribution in [2.45, 2.75) is 44.0 Å². The summed E-state index contributed by atoms with van der Waals surface area (Å²) in [7, 11) is -3.53. The molecule has 1 aromatic carbocycles. The van der Waals surface area contributed by atoms with Crippen LogP contribution in [0.1, 0.15) is 33.1 Å². The third-order valence-electron chi connectivity index (χ3n) is 6.75. The molecular formula is C24H37N5O4S. The number of piperidine rings is 1. The summed E-state index contributed by atoms with van der Waals surface area (Å²) in [4.78, 5) is 28.9. The molecule has 0 spiro atoms. The monoisotopic (exact) mass is 491 g/mol. The van der Waals surface area contributed by atoms with E-state index in [9.17, 15) is 18.0 Å². The summed E-state index contributed by atoms with van der Waals surface area (Å²) < 4.78 is 27.6. The summed E-state index contributed by atoms with van der Waals surface area (Å²) >= 11 is 0. The van der Waals surface area contributed by atoms with Crippen LogP contribution in [0.3, 0.4) is 0 Å². The summed E-state index contributed by atoms with van der Waals surface area (Å²) in [5, 5.41) is 5.88. The highest BCUT2D eigenvalue weighted by Crippen LogP contribution is 2.27. The van der Waals surface area contributed by atoms with Crippen LogP contribution in [-0.2, 0) is 19.6 Å². The number of piperazine rings is 1. The van der Waals surface area contributed by atoms with E-state index in [1.807, 2.05) is 0 Å². The van der Waals surface area contributed by atoms with Gasteiger partial charge in [-0.3, -0.25) is 19.4 Å². The van der Waals surface area contributed by atoms with Gasteiger partial charge < -0.3 is 10.6 Å². The van der Waals surface area contributed by atoms with E-state index in [0.717, 1.165) is 45.4 Å². The lowest BCUT2D eigenvalue weighted by atomic mass is 9.94. The Labute approximate surface area is 202 Å².